The van der Waals surface area contributed by atoms with Gasteiger partial charge in [-0.2, -0.15) is 9.78 Å². The zero-order valence-corrected chi connectivity index (χ0v) is 16.4. The van der Waals surface area contributed by atoms with Gasteiger partial charge in [0.2, 0.25) is 5.91 Å². The molecule has 1 heterocycles. The Hall–Kier alpha value is -3.68. The van der Waals surface area contributed by atoms with Crippen LogP contribution in [0.3, 0.4) is 0 Å². The molecule has 0 unspecified atom stereocenters. The van der Waals surface area contributed by atoms with Crippen LogP contribution >= 0.6 is 0 Å². The fourth-order valence-electron chi connectivity index (χ4n) is 3.24. The average molecular weight is 408 g/mol. The number of halogens is 1. The lowest BCUT2D eigenvalue weighted by Crippen LogP contribution is -2.30. The van der Waals surface area contributed by atoms with Gasteiger partial charge in [0.1, 0.15) is 11.6 Å². The number of aromatic hydroxyl groups is 1. The maximum absolute atomic E-state index is 13.0. The van der Waals surface area contributed by atoms with E-state index in [1.807, 2.05) is 0 Å². The molecule has 154 valence electrons. The highest BCUT2D eigenvalue weighted by Crippen LogP contribution is 2.42. The number of benzene rings is 2. The fourth-order valence-corrected chi connectivity index (χ4v) is 3.24. The quantitative estimate of drug-likeness (QED) is 0.556. The monoisotopic (exact) mass is 408 g/mol. The van der Waals surface area contributed by atoms with Crippen LogP contribution < -0.4 is 10.6 Å². The highest BCUT2D eigenvalue weighted by molar-refractivity contribution is 5.90. The molecule has 0 spiro atoms. The summed E-state index contributed by atoms with van der Waals surface area (Å²) >= 11 is 0. The van der Waals surface area contributed by atoms with Crippen molar-refractivity contribution >= 4 is 17.6 Å². The predicted octanol–water partition coefficient (Wildman–Crippen LogP) is 3.99. The summed E-state index contributed by atoms with van der Waals surface area (Å²) in [7, 11) is 0. The van der Waals surface area contributed by atoms with Gasteiger partial charge in [0.15, 0.2) is 0 Å². The Kier molecular flexibility index (Phi) is 5.22. The van der Waals surface area contributed by atoms with E-state index in [1.54, 1.807) is 30.3 Å². The molecule has 1 saturated carbocycles. The summed E-state index contributed by atoms with van der Waals surface area (Å²) in [5.74, 6) is -0.318. The molecular formula is C22H21FN4O3. The first-order valence-electron chi connectivity index (χ1n) is 9.64. The number of aromatic nitrogens is 2. The van der Waals surface area contributed by atoms with E-state index in [0.717, 1.165) is 24.1 Å². The van der Waals surface area contributed by atoms with Crippen LogP contribution in [0.2, 0.25) is 0 Å². The standard InChI is InChI=1S/C22H21FN4O3/c1-13(28)25-17-8-9-21(29)18(10-17)19-11-20(15-4-5-15)27(26-19)22(30)24-12-14-2-6-16(23)7-3-14/h2-3,6-11,15,29H,4-5,12H2,1H3,(H,24,30)(H,25,28). The zero-order valence-electron chi connectivity index (χ0n) is 16.4. The molecule has 1 aliphatic rings. The van der Waals surface area contributed by atoms with Crippen molar-refractivity contribution in [1.82, 2.24) is 15.1 Å². The predicted molar refractivity (Wildman–Crippen MR) is 110 cm³/mol. The summed E-state index contributed by atoms with van der Waals surface area (Å²) in [6.45, 7) is 1.64. The summed E-state index contributed by atoms with van der Waals surface area (Å²) in [6.07, 6.45) is 1.93. The van der Waals surface area contributed by atoms with Crippen molar-refractivity contribution in [2.75, 3.05) is 5.32 Å². The number of carbonyl (C=O) groups is 2. The number of phenolic OH excluding ortho intramolecular Hbond substituents is 1. The van der Waals surface area contributed by atoms with Crippen LogP contribution in [-0.2, 0) is 11.3 Å². The van der Waals surface area contributed by atoms with Gasteiger partial charge in [-0.15, -0.1) is 0 Å². The summed E-state index contributed by atoms with van der Waals surface area (Å²) < 4.78 is 14.4. The van der Waals surface area contributed by atoms with Crippen molar-refractivity contribution in [2.45, 2.75) is 32.2 Å². The maximum Gasteiger partial charge on any atom is 0.342 e. The lowest BCUT2D eigenvalue weighted by molar-refractivity contribution is -0.114. The molecule has 0 saturated heterocycles. The van der Waals surface area contributed by atoms with E-state index in [1.165, 1.54) is 29.8 Å². The third-order valence-electron chi connectivity index (χ3n) is 4.87. The number of nitrogens with one attached hydrogen (secondary N) is 2. The van der Waals surface area contributed by atoms with Gasteiger partial charge in [0.25, 0.3) is 0 Å². The Labute approximate surface area is 172 Å². The second-order valence-corrected chi connectivity index (χ2v) is 7.34. The van der Waals surface area contributed by atoms with Crippen molar-refractivity contribution in [3.63, 3.8) is 0 Å². The smallest absolute Gasteiger partial charge is 0.342 e. The highest BCUT2D eigenvalue weighted by atomic mass is 19.1. The van der Waals surface area contributed by atoms with Crippen molar-refractivity contribution in [3.05, 3.63) is 65.6 Å². The molecule has 4 rings (SSSR count). The van der Waals surface area contributed by atoms with Gasteiger partial charge < -0.3 is 15.7 Å². The van der Waals surface area contributed by atoms with E-state index in [9.17, 15) is 19.1 Å². The van der Waals surface area contributed by atoms with Crippen LogP contribution in [0.5, 0.6) is 5.75 Å². The normalized spacial score (nSPS) is 13.1. The molecule has 2 aromatic carbocycles. The maximum atomic E-state index is 13.0. The Balaban J connectivity index is 1.60. The SMILES string of the molecule is CC(=O)Nc1ccc(O)c(-c2cc(C3CC3)n(C(=O)NCc3ccc(F)cc3)n2)c1. The number of phenols is 1. The summed E-state index contributed by atoms with van der Waals surface area (Å²) in [5, 5.41) is 20.2. The molecule has 0 bridgehead atoms. The molecule has 30 heavy (non-hydrogen) atoms. The first-order chi connectivity index (χ1) is 14.4. The van der Waals surface area contributed by atoms with Gasteiger partial charge >= 0.3 is 6.03 Å². The van der Waals surface area contributed by atoms with Crippen molar-refractivity contribution in [3.8, 4) is 17.0 Å². The highest BCUT2D eigenvalue weighted by Gasteiger charge is 2.30. The summed E-state index contributed by atoms with van der Waals surface area (Å²) in [5.41, 5.74) is 2.93. The Morgan fingerprint density at radius 1 is 1.17 bits per heavy atom. The molecule has 7 nitrogen and oxygen atoms in total. The summed E-state index contributed by atoms with van der Waals surface area (Å²) in [6, 6.07) is 12.0. The van der Waals surface area contributed by atoms with E-state index in [4.69, 9.17) is 0 Å². The number of rotatable bonds is 5. The zero-order chi connectivity index (χ0) is 21.3. The number of amides is 2. The molecule has 1 aliphatic carbocycles. The van der Waals surface area contributed by atoms with E-state index < -0.39 is 6.03 Å². The molecule has 1 aromatic heterocycles. The molecule has 3 N–H and O–H groups in total. The van der Waals surface area contributed by atoms with Crippen LogP contribution in [0.4, 0.5) is 14.9 Å². The van der Waals surface area contributed by atoms with Crippen LogP contribution in [-0.4, -0.2) is 26.8 Å². The van der Waals surface area contributed by atoms with Crippen molar-refractivity contribution < 1.29 is 19.1 Å². The van der Waals surface area contributed by atoms with Gasteiger partial charge in [-0.25, -0.2) is 9.18 Å². The second kappa shape index (κ2) is 7.98. The Morgan fingerprint density at radius 3 is 2.57 bits per heavy atom. The van der Waals surface area contributed by atoms with E-state index in [0.29, 0.717) is 16.9 Å². The van der Waals surface area contributed by atoms with Crippen LogP contribution in [0.25, 0.3) is 11.3 Å². The van der Waals surface area contributed by atoms with Gasteiger partial charge in [-0.05, 0) is 54.8 Å². The molecule has 8 heteroatoms. The first kappa shape index (κ1) is 19.6. The lowest BCUT2D eigenvalue weighted by Gasteiger charge is -2.08. The topological polar surface area (TPSA) is 96.2 Å². The minimum absolute atomic E-state index is 0.00261. The molecule has 0 aliphatic heterocycles. The first-order valence-corrected chi connectivity index (χ1v) is 9.64. The Morgan fingerprint density at radius 2 is 1.90 bits per heavy atom. The molecule has 3 aromatic rings. The van der Waals surface area contributed by atoms with Gasteiger partial charge in [0.05, 0.1) is 11.4 Å². The van der Waals surface area contributed by atoms with Crippen LogP contribution in [0, 0.1) is 5.82 Å². The van der Waals surface area contributed by atoms with Crippen molar-refractivity contribution in [1.29, 1.82) is 0 Å². The number of carbonyl (C=O) groups excluding carboxylic acids is 2. The van der Waals surface area contributed by atoms with Crippen LogP contribution in [0.1, 0.15) is 36.9 Å². The number of hydrogen-bond acceptors (Lipinski definition) is 4. The lowest BCUT2D eigenvalue weighted by atomic mass is 10.1. The minimum atomic E-state index is -0.398. The molecule has 1 fully saturated rings. The second-order valence-electron chi connectivity index (χ2n) is 7.34. The van der Waals surface area contributed by atoms with Gasteiger partial charge in [-0.1, -0.05) is 12.1 Å². The number of anilines is 1. The average Bonchev–Trinajstić information content (AvgIpc) is 3.47. The van der Waals surface area contributed by atoms with Gasteiger partial charge in [0, 0.05) is 30.6 Å². The molecular weight excluding hydrogens is 387 g/mol. The molecule has 0 atom stereocenters. The third kappa shape index (κ3) is 4.32. The molecule has 2 amide bonds. The molecule has 0 radical (unpaired) electrons. The van der Waals surface area contributed by atoms with Crippen molar-refractivity contribution in [2.24, 2.45) is 0 Å². The Bertz CT molecular complexity index is 1100. The number of nitrogens with zero attached hydrogens (tertiary/aromatic N) is 2. The largest absolute Gasteiger partial charge is 0.507 e. The van der Waals surface area contributed by atoms with E-state index in [-0.39, 0.29) is 29.9 Å². The number of hydrogen-bond donors (Lipinski definition) is 3. The van der Waals surface area contributed by atoms with Crippen LogP contribution in [0.15, 0.2) is 48.5 Å². The minimum Gasteiger partial charge on any atom is -0.507 e. The fraction of sp³-hybridized carbons (Fsp3) is 0.227. The van der Waals surface area contributed by atoms with E-state index >= 15 is 0 Å². The summed E-state index contributed by atoms with van der Waals surface area (Å²) in [4.78, 5) is 24.1. The van der Waals surface area contributed by atoms with Gasteiger partial charge in [-0.3, -0.25) is 4.79 Å². The van der Waals surface area contributed by atoms with E-state index in [2.05, 4.69) is 15.7 Å². The third-order valence-corrected chi connectivity index (χ3v) is 4.87.